The summed E-state index contributed by atoms with van der Waals surface area (Å²) in [5.74, 6) is 0.263. The summed E-state index contributed by atoms with van der Waals surface area (Å²) in [6, 6.07) is 5.06. The van der Waals surface area contributed by atoms with Crippen molar-refractivity contribution < 1.29 is 4.79 Å². The van der Waals surface area contributed by atoms with Crippen LogP contribution in [0.15, 0.2) is 18.2 Å². The highest BCUT2D eigenvalue weighted by Gasteiger charge is 2.21. The molecule has 1 aromatic carbocycles. The van der Waals surface area contributed by atoms with Crippen molar-refractivity contribution in [2.75, 3.05) is 0 Å². The van der Waals surface area contributed by atoms with Crippen LogP contribution >= 0.6 is 35.4 Å². The van der Waals surface area contributed by atoms with Gasteiger partial charge in [-0.25, -0.2) is 0 Å². The fourth-order valence-electron chi connectivity index (χ4n) is 2.56. The monoisotopic (exact) mass is 359 g/mol. The van der Waals surface area contributed by atoms with Crippen LogP contribution < -0.4 is 16.2 Å². The molecule has 1 aliphatic rings. The fourth-order valence-corrected chi connectivity index (χ4v) is 3.06. The molecule has 7 heteroatoms. The predicted molar refractivity (Wildman–Crippen MR) is 94.2 cm³/mol. The molecule has 3 N–H and O–H groups in total. The Morgan fingerprint density at radius 3 is 2.59 bits per heavy atom. The van der Waals surface area contributed by atoms with Crippen LogP contribution in [0.5, 0.6) is 0 Å². The molecule has 0 bridgehead atoms. The molecule has 0 aliphatic heterocycles. The third-order valence-electron chi connectivity index (χ3n) is 3.90. The Hall–Kier alpha value is -1.04. The number of halogens is 2. The summed E-state index contributed by atoms with van der Waals surface area (Å²) < 4.78 is 0. The highest BCUT2D eigenvalue weighted by atomic mass is 35.5. The molecular weight excluding hydrogens is 341 g/mol. The Kier molecular flexibility index (Phi) is 6.29. The van der Waals surface area contributed by atoms with Crippen LogP contribution in [-0.2, 0) is 0 Å². The summed E-state index contributed by atoms with van der Waals surface area (Å²) in [6.45, 7) is 2.22. The van der Waals surface area contributed by atoms with E-state index in [4.69, 9.17) is 35.4 Å². The van der Waals surface area contributed by atoms with Gasteiger partial charge in [-0.2, -0.15) is 0 Å². The van der Waals surface area contributed by atoms with Crippen LogP contribution in [-0.4, -0.2) is 17.1 Å². The van der Waals surface area contributed by atoms with Crippen molar-refractivity contribution >= 4 is 46.4 Å². The SMILES string of the molecule is CC1CCCCC1NC(=S)NNC(=O)c1ccc(Cl)c(Cl)c1. The van der Waals surface area contributed by atoms with Crippen molar-refractivity contribution in [1.29, 1.82) is 0 Å². The number of hydrogen-bond donors (Lipinski definition) is 3. The third kappa shape index (κ3) is 4.73. The number of amides is 1. The molecule has 22 heavy (non-hydrogen) atoms. The van der Waals surface area contributed by atoms with Crippen LogP contribution in [0.3, 0.4) is 0 Å². The molecule has 2 unspecified atom stereocenters. The van der Waals surface area contributed by atoms with E-state index in [9.17, 15) is 4.79 Å². The van der Waals surface area contributed by atoms with Crippen molar-refractivity contribution in [2.24, 2.45) is 5.92 Å². The number of carbonyl (C=O) groups excluding carboxylic acids is 1. The first-order chi connectivity index (χ1) is 10.5. The quantitative estimate of drug-likeness (QED) is 0.556. The molecule has 2 atom stereocenters. The molecule has 1 saturated carbocycles. The summed E-state index contributed by atoms with van der Waals surface area (Å²) >= 11 is 16.9. The van der Waals surface area contributed by atoms with E-state index in [0.717, 1.165) is 6.42 Å². The average molecular weight is 360 g/mol. The molecule has 1 aromatic rings. The molecular formula is C15H19Cl2N3OS. The van der Waals surface area contributed by atoms with E-state index in [1.165, 1.54) is 25.3 Å². The Balaban J connectivity index is 1.82. The van der Waals surface area contributed by atoms with Gasteiger partial charge in [-0.15, -0.1) is 0 Å². The van der Waals surface area contributed by atoms with Gasteiger partial charge in [-0.3, -0.25) is 15.6 Å². The van der Waals surface area contributed by atoms with Gasteiger partial charge >= 0.3 is 0 Å². The zero-order valence-electron chi connectivity index (χ0n) is 12.3. The molecule has 4 nitrogen and oxygen atoms in total. The lowest BCUT2D eigenvalue weighted by molar-refractivity contribution is 0.0943. The van der Waals surface area contributed by atoms with E-state index >= 15 is 0 Å². The molecule has 0 heterocycles. The highest BCUT2D eigenvalue weighted by Crippen LogP contribution is 2.24. The lowest BCUT2D eigenvalue weighted by Gasteiger charge is -2.30. The van der Waals surface area contributed by atoms with E-state index in [0.29, 0.717) is 32.7 Å². The zero-order chi connectivity index (χ0) is 16.1. The lowest BCUT2D eigenvalue weighted by atomic mass is 9.86. The van der Waals surface area contributed by atoms with Crippen molar-refractivity contribution in [3.05, 3.63) is 33.8 Å². The molecule has 2 rings (SSSR count). The van der Waals surface area contributed by atoms with Crippen LogP contribution in [0.1, 0.15) is 43.0 Å². The largest absolute Gasteiger partial charge is 0.358 e. The fraction of sp³-hybridized carbons (Fsp3) is 0.467. The second-order valence-corrected chi connectivity index (χ2v) is 6.77. The number of carbonyl (C=O) groups is 1. The smallest absolute Gasteiger partial charge is 0.269 e. The van der Waals surface area contributed by atoms with Gasteiger partial charge in [-0.05, 0) is 49.2 Å². The molecule has 0 saturated heterocycles. The minimum Gasteiger partial charge on any atom is -0.358 e. The first-order valence-corrected chi connectivity index (χ1v) is 8.45. The van der Waals surface area contributed by atoms with Crippen LogP contribution in [0.4, 0.5) is 0 Å². The van der Waals surface area contributed by atoms with Gasteiger partial charge in [0.15, 0.2) is 5.11 Å². The minimum atomic E-state index is -0.320. The predicted octanol–water partition coefficient (Wildman–Crippen LogP) is 3.68. The molecule has 0 radical (unpaired) electrons. The van der Waals surface area contributed by atoms with E-state index in [2.05, 4.69) is 23.1 Å². The van der Waals surface area contributed by atoms with E-state index in [-0.39, 0.29) is 5.91 Å². The number of nitrogens with one attached hydrogen (secondary N) is 3. The summed E-state index contributed by atoms with van der Waals surface area (Å²) in [5, 5.41) is 4.43. The number of rotatable bonds is 2. The van der Waals surface area contributed by atoms with Crippen molar-refractivity contribution in [3.63, 3.8) is 0 Å². The standard InChI is InChI=1S/C15H19Cl2N3OS/c1-9-4-2-3-5-13(9)18-15(22)20-19-14(21)10-6-7-11(16)12(17)8-10/h6-9,13H,2-5H2,1H3,(H,19,21)(H2,18,20,22). The lowest BCUT2D eigenvalue weighted by Crippen LogP contribution is -2.51. The summed E-state index contributed by atoms with van der Waals surface area (Å²) in [5.41, 5.74) is 5.70. The van der Waals surface area contributed by atoms with Gasteiger partial charge in [0.05, 0.1) is 10.0 Å². The number of thiocarbonyl (C=S) groups is 1. The summed E-state index contributed by atoms with van der Waals surface area (Å²) in [7, 11) is 0. The van der Waals surface area contributed by atoms with Crippen LogP contribution in [0, 0.1) is 5.92 Å². The van der Waals surface area contributed by atoms with Gasteiger partial charge in [0.25, 0.3) is 5.91 Å². The first-order valence-electron chi connectivity index (χ1n) is 7.29. The maximum Gasteiger partial charge on any atom is 0.269 e. The average Bonchev–Trinajstić information content (AvgIpc) is 2.50. The van der Waals surface area contributed by atoms with Gasteiger partial charge < -0.3 is 5.32 Å². The molecule has 1 fully saturated rings. The molecule has 0 aromatic heterocycles. The van der Waals surface area contributed by atoms with E-state index in [1.807, 2.05) is 0 Å². The molecule has 1 amide bonds. The number of hydrogen-bond acceptors (Lipinski definition) is 2. The van der Waals surface area contributed by atoms with E-state index < -0.39 is 0 Å². The number of benzene rings is 1. The van der Waals surface area contributed by atoms with Crippen LogP contribution in [0.2, 0.25) is 10.0 Å². The van der Waals surface area contributed by atoms with Crippen molar-refractivity contribution in [1.82, 2.24) is 16.2 Å². The highest BCUT2D eigenvalue weighted by molar-refractivity contribution is 7.80. The van der Waals surface area contributed by atoms with Gasteiger partial charge in [0.1, 0.15) is 0 Å². The Bertz CT molecular complexity index is 568. The van der Waals surface area contributed by atoms with Gasteiger partial charge in [-0.1, -0.05) is 43.0 Å². The van der Waals surface area contributed by atoms with Gasteiger partial charge in [0.2, 0.25) is 0 Å². The summed E-state index contributed by atoms with van der Waals surface area (Å²) in [4.78, 5) is 12.0. The molecule has 0 spiro atoms. The van der Waals surface area contributed by atoms with Crippen molar-refractivity contribution in [3.8, 4) is 0 Å². The Morgan fingerprint density at radius 2 is 1.91 bits per heavy atom. The first kappa shape index (κ1) is 17.3. The topological polar surface area (TPSA) is 53.2 Å². The molecule has 120 valence electrons. The summed E-state index contributed by atoms with van der Waals surface area (Å²) in [6.07, 6.45) is 4.79. The van der Waals surface area contributed by atoms with Gasteiger partial charge in [0, 0.05) is 11.6 Å². The maximum atomic E-state index is 12.0. The van der Waals surface area contributed by atoms with Crippen LogP contribution in [0.25, 0.3) is 0 Å². The van der Waals surface area contributed by atoms with E-state index in [1.54, 1.807) is 12.1 Å². The maximum absolute atomic E-state index is 12.0. The second kappa shape index (κ2) is 7.99. The molecule has 1 aliphatic carbocycles. The zero-order valence-corrected chi connectivity index (χ0v) is 14.6. The second-order valence-electron chi connectivity index (χ2n) is 5.55. The minimum absolute atomic E-state index is 0.320. The number of hydrazine groups is 1. The van der Waals surface area contributed by atoms with Crippen molar-refractivity contribution in [2.45, 2.75) is 38.6 Å². The Morgan fingerprint density at radius 1 is 1.18 bits per heavy atom. The third-order valence-corrected chi connectivity index (χ3v) is 4.86. The normalized spacial score (nSPS) is 21.0. The Labute approximate surface area is 145 Å².